The summed E-state index contributed by atoms with van der Waals surface area (Å²) in [4.78, 5) is 2.42. The van der Waals surface area contributed by atoms with Crippen LogP contribution in [0, 0.1) is 0 Å². The minimum absolute atomic E-state index is 0.268. The van der Waals surface area contributed by atoms with E-state index in [9.17, 15) is 0 Å². The Morgan fingerprint density at radius 1 is 1.08 bits per heavy atom. The Labute approximate surface area is 155 Å². The number of methoxy groups -OCH3 is 3. The number of benzene rings is 1. The van der Waals surface area contributed by atoms with E-state index in [1.165, 1.54) is 0 Å². The maximum Gasteiger partial charge on any atom is 0.164 e. The van der Waals surface area contributed by atoms with Crippen LogP contribution < -0.4 is 14.2 Å². The second-order valence-electron chi connectivity index (χ2n) is 6.96. The first-order valence-corrected chi connectivity index (χ1v) is 9.06. The van der Waals surface area contributed by atoms with E-state index in [1.807, 2.05) is 12.1 Å². The van der Waals surface area contributed by atoms with E-state index in [-0.39, 0.29) is 6.04 Å². The van der Waals surface area contributed by atoms with Crippen LogP contribution in [0.5, 0.6) is 17.2 Å². The fourth-order valence-corrected chi connectivity index (χ4v) is 3.52. The third kappa shape index (κ3) is 3.65. The third-order valence-electron chi connectivity index (χ3n) is 4.98. The molecule has 6 heteroatoms. The average Bonchev–Trinajstić information content (AvgIpc) is 3.30. The van der Waals surface area contributed by atoms with Crippen molar-refractivity contribution in [2.45, 2.75) is 45.2 Å². The van der Waals surface area contributed by atoms with E-state index in [4.69, 9.17) is 18.7 Å². The standard InChI is InChI=1S/C20H28N2O4/c1-13(2)17-10-15(21-26-17)16-7-6-8-22(16)12-14-9-19(24-4)20(25-5)11-18(14)23-3/h9-11,13,16H,6-8,12H2,1-5H3/t16-/m1/s1. The van der Waals surface area contributed by atoms with Gasteiger partial charge in [0.25, 0.3) is 0 Å². The first kappa shape index (κ1) is 18.6. The van der Waals surface area contributed by atoms with Gasteiger partial charge in [-0.15, -0.1) is 0 Å². The van der Waals surface area contributed by atoms with Crippen LogP contribution in [0.2, 0.25) is 0 Å². The number of likely N-dealkylation sites (tertiary alicyclic amines) is 1. The Bertz CT molecular complexity index is 741. The van der Waals surface area contributed by atoms with Crippen molar-refractivity contribution >= 4 is 0 Å². The number of rotatable bonds is 7. The molecule has 0 aliphatic carbocycles. The van der Waals surface area contributed by atoms with Crippen molar-refractivity contribution in [3.05, 3.63) is 35.2 Å². The smallest absolute Gasteiger partial charge is 0.164 e. The van der Waals surface area contributed by atoms with E-state index < -0.39 is 0 Å². The molecular formula is C20H28N2O4. The van der Waals surface area contributed by atoms with Crippen LogP contribution in [0.25, 0.3) is 0 Å². The van der Waals surface area contributed by atoms with Gasteiger partial charge >= 0.3 is 0 Å². The predicted octanol–water partition coefficient (Wildman–Crippen LogP) is 4.16. The summed E-state index contributed by atoms with van der Waals surface area (Å²) in [6.45, 7) is 6.01. The van der Waals surface area contributed by atoms with Gasteiger partial charge in [0, 0.05) is 30.2 Å². The topological polar surface area (TPSA) is 57.0 Å². The summed E-state index contributed by atoms with van der Waals surface area (Å²) in [7, 11) is 4.96. The molecule has 1 aromatic carbocycles. The van der Waals surface area contributed by atoms with Gasteiger partial charge in [-0.1, -0.05) is 19.0 Å². The van der Waals surface area contributed by atoms with E-state index >= 15 is 0 Å². The van der Waals surface area contributed by atoms with Crippen LogP contribution in [0.1, 0.15) is 55.7 Å². The van der Waals surface area contributed by atoms with Gasteiger partial charge in [0.05, 0.1) is 27.4 Å². The van der Waals surface area contributed by atoms with Gasteiger partial charge in [-0.05, 0) is 25.5 Å². The summed E-state index contributed by atoms with van der Waals surface area (Å²) in [6.07, 6.45) is 2.23. The van der Waals surface area contributed by atoms with Crippen LogP contribution in [-0.2, 0) is 6.54 Å². The van der Waals surface area contributed by atoms with Crippen LogP contribution in [-0.4, -0.2) is 37.9 Å². The molecule has 0 spiro atoms. The molecule has 0 radical (unpaired) electrons. The first-order chi connectivity index (χ1) is 12.6. The molecule has 0 unspecified atom stereocenters. The molecule has 6 nitrogen and oxygen atoms in total. The molecule has 0 bridgehead atoms. The second kappa shape index (κ2) is 7.99. The maximum absolute atomic E-state index is 5.58. The Hall–Kier alpha value is -2.21. The molecule has 1 fully saturated rings. The fourth-order valence-electron chi connectivity index (χ4n) is 3.52. The molecule has 3 rings (SSSR count). The zero-order valence-electron chi connectivity index (χ0n) is 16.2. The summed E-state index contributed by atoms with van der Waals surface area (Å²) in [5.74, 6) is 3.47. The predicted molar refractivity (Wildman–Crippen MR) is 99.1 cm³/mol. The molecule has 2 heterocycles. The molecule has 1 aliphatic heterocycles. The summed E-state index contributed by atoms with van der Waals surface area (Å²) in [5, 5.41) is 4.32. The minimum Gasteiger partial charge on any atom is -0.496 e. The van der Waals surface area contributed by atoms with Crippen molar-refractivity contribution in [1.82, 2.24) is 10.1 Å². The van der Waals surface area contributed by atoms with Gasteiger partial charge in [-0.25, -0.2) is 0 Å². The van der Waals surface area contributed by atoms with Gasteiger partial charge in [-0.2, -0.15) is 0 Å². The highest BCUT2D eigenvalue weighted by Crippen LogP contribution is 2.39. The Morgan fingerprint density at radius 2 is 1.77 bits per heavy atom. The molecule has 2 aromatic rings. The zero-order valence-corrected chi connectivity index (χ0v) is 16.2. The molecule has 0 amide bonds. The highest BCUT2D eigenvalue weighted by atomic mass is 16.5. The fraction of sp³-hybridized carbons (Fsp3) is 0.550. The quantitative estimate of drug-likeness (QED) is 0.739. The number of nitrogens with zero attached hydrogens (tertiary/aromatic N) is 2. The zero-order chi connectivity index (χ0) is 18.7. The number of hydrogen-bond acceptors (Lipinski definition) is 6. The second-order valence-corrected chi connectivity index (χ2v) is 6.96. The average molecular weight is 360 g/mol. The summed E-state index contributed by atoms with van der Waals surface area (Å²) >= 11 is 0. The SMILES string of the molecule is COc1cc(OC)c(OC)cc1CN1CCC[C@@H]1c1cc(C(C)C)on1. The molecule has 1 aromatic heterocycles. The summed E-state index contributed by atoms with van der Waals surface area (Å²) in [5.41, 5.74) is 2.09. The Morgan fingerprint density at radius 3 is 2.38 bits per heavy atom. The third-order valence-corrected chi connectivity index (χ3v) is 4.98. The van der Waals surface area contributed by atoms with Gasteiger partial charge in [0.15, 0.2) is 11.5 Å². The van der Waals surface area contributed by atoms with Gasteiger partial charge in [0.1, 0.15) is 17.2 Å². The molecule has 1 saturated heterocycles. The maximum atomic E-state index is 5.58. The van der Waals surface area contributed by atoms with Crippen LogP contribution in [0.15, 0.2) is 22.7 Å². The van der Waals surface area contributed by atoms with Gasteiger partial charge in [0.2, 0.25) is 0 Å². The van der Waals surface area contributed by atoms with E-state index in [0.717, 1.165) is 48.7 Å². The van der Waals surface area contributed by atoms with Crippen LogP contribution >= 0.6 is 0 Å². The molecule has 0 saturated carbocycles. The van der Waals surface area contributed by atoms with Crippen molar-refractivity contribution in [1.29, 1.82) is 0 Å². The monoisotopic (exact) mass is 360 g/mol. The Balaban J connectivity index is 1.84. The molecule has 1 aliphatic rings. The van der Waals surface area contributed by atoms with Crippen molar-refractivity contribution in [3.8, 4) is 17.2 Å². The van der Waals surface area contributed by atoms with Crippen molar-refractivity contribution in [3.63, 3.8) is 0 Å². The molecule has 0 N–H and O–H groups in total. The molecule has 1 atom stereocenters. The molecule has 142 valence electrons. The van der Waals surface area contributed by atoms with Crippen molar-refractivity contribution in [2.75, 3.05) is 27.9 Å². The van der Waals surface area contributed by atoms with Gasteiger partial charge in [-0.3, -0.25) is 4.90 Å². The lowest BCUT2D eigenvalue weighted by Gasteiger charge is -2.24. The number of aromatic nitrogens is 1. The lowest BCUT2D eigenvalue weighted by molar-refractivity contribution is 0.232. The Kier molecular flexibility index (Phi) is 5.71. The van der Waals surface area contributed by atoms with Crippen LogP contribution in [0.4, 0.5) is 0 Å². The lowest BCUT2D eigenvalue weighted by Crippen LogP contribution is -2.23. The number of ether oxygens (including phenoxy) is 3. The largest absolute Gasteiger partial charge is 0.496 e. The van der Waals surface area contributed by atoms with E-state index in [1.54, 1.807) is 21.3 Å². The van der Waals surface area contributed by atoms with Gasteiger partial charge < -0.3 is 18.7 Å². The van der Waals surface area contributed by atoms with E-state index in [0.29, 0.717) is 17.4 Å². The lowest BCUT2D eigenvalue weighted by atomic mass is 10.1. The van der Waals surface area contributed by atoms with E-state index in [2.05, 4.69) is 30.0 Å². The molecule has 26 heavy (non-hydrogen) atoms. The van der Waals surface area contributed by atoms with Crippen molar-refractivity contribution in [2.24, 2.45) is 0 Å². The normalized spacial score (nSPS) is 17.7. The van der Waals surface area contributed by atoms with Crippen LogP contribution in [0.3, 0.4) is 0 Å². The highest BCUT2D eigenvalue weighted by Gasteiger charge is 2.30. The first-order valence-electron chi connectivity index (χ1n) is 9.06. The number of hydrogen-bond donors (Lipinski definition) is 0. The van der Waals surface area contributed by atoms with Crippen molar-refractivity contribution < 1.29 is 18.7 Å². The molecular weight excluding hydrogens is 332 g/mol. The summed E-state index contributed by atoms with van der Waals surface area (Å²) < 4.78 is 21.9. The summed E-state index contributed by atoms with van der Waals surface area (Å²) in [6, 6.07) is 6.24. The minimum atomic E-state index is 0.268. The highest BCUT2D eigenvalue weighted by molar-refractivity contribution is 5.50.